The highest BCUT2D eigenvalue weighted by molar-refractivity contribution is 6.32. The third-order valence-corrected chi connectivity index (χ3v) is 4.23. The van der Waals surface area contributed by atoms with Crippen LogP contribution in [0.1, 0.15) is 11.5 Å². The van der Waals surface area contributed by atoms with Crippen LogP contribution in [0.5, 0.6) is 0 Å². The summed E-state index contributed by atoms with van der Waals surface area (Å²) >= 11 is 11.9. The average molecular weight is 388 g/mol. The van der Waals surface area contributed by atoms with Crippen LogP contribution in [-0.2, 0) is 11.3 Å². The third-order valence-electron chi connectivity index (χ3n) is 3.63. The first-order valence-corrected chi connectivity index (χ1v) is 8.55. The maximum atomic E-state index is 12.2. The van der Waals surface area contributed by atoms with Crippen molar-refractivity contribution in [2.45, 2.75) is 6.54 Å². The van der Waals surface area contributed by atoms with Gasteiger partial charge in [0.05, 0.1) is 6.54 Å². The van der Waals surface area contributed by atoms with E-state index < -0.39 is 0 Å². The molecule has 1 amide bonds. The first-order valence-electron chi connectivity index (χ1n) is 7.79. The van der Waals surface area contributed by atoms with Crippen molar-refractivity contribution in [3.63, 3.8) is 0 Å². The van der Waals surface area contributed by atoms with Gasteiger partial charge in [-0.1, -0.05) is 46.6 Å². The van der Waals surface area contributed by atoms with Crippen molar-refractivity contribution >= 4 is 35.2 Å². The van der Waals surface area contributed by atoms with Crippen LogP contribution in [0.4, 0.5) is 0 Å². The van der Waals surface area contributed by atoms with E-state index in [1.807, 2.05) is 18.2 Å². The number of hydrogen-bond donors (Lipinski definition) is 0. The van der Waals surface area contributed by atoms with Crippen molar-refractivity contribution in [2.24, 2.45) is 0 Å². The zero-order valence-corrected chi connectivity index (χ0v) is 15.4. The third kappa shape index (κ3) is 4.50. The van der Waals surface area contributed by atoms with Crippen molar-refractivity contribution in [3.8, 4) is 11.4 Å². The number of aromatic nitrogens is 2. The van der Waals surface area contributed by atoms with E-state index in [1.54, 1.807) is 43.5 Å². The van der Waals surface area contributed by atoms with E-state index in [1.165, 1.54) is 11.0 Å². The van der Waals surface area contributed by atoms with Crippen LogP contribution in [0.3, 0.4) is 0 Å². The number of rotatable bonds is 5. The SMILES string of the molecule is CN(Cc1nc(-c2ccc(Cl)cc2)no1)C(=O)/C=C/c1ccccc1Cl. The van der Waals surface area contributed by atoms with E-state index in [-0.39, 0.29) is 12.5 Å². The lowest BCUT2D eigenvalue weighted by Gasteiger charge is -2.11. The molecule has 0 spiro atoms. The summed E-state index contributed by atoms with van der Waals surface area (Å²) in [6, 6.07) is 14.4. The molecule has 0 aliphatic carbocycles. The smallest absolute Gasteiger partial charge is 0.246 e. The Morgan fingerprint density at radius 2 is 1.88 bits per heavy atom. The van der Waals surface area contributed by atoms with Crippen LogP contribution in [0.25, 0.3) is 17.5 Å². The van der Waals surface area contributed by atoms with Crippen molar-refractivity contribution in [1.82, 2.24) is 15.0 Å². The van der Waals surface area contributed by atoms with Gasteiger partial charge in [-0.25, -0.2) is 0 Å². The van der Waals surface area contributed by atoms with Crippen LogP contribution in [0.15, 0.2) is 59.1 Å². The molecule has 0 unspecified atom stereocenters. The van der Waals surface area contributed by atoms with Gasteiger partial charge in [0, 0.05) is 28.7 Å². The molecule has 7 heteroatoms. The maximum absolute atomic E-state index is 12.2. The molecule has 26 heavy (non-hydrogen) atoms. The Balaban J connectivity index is 1.64. The second-order valence-electron chi connectivity index (χ2n) is 5.57. The first-order chi connectivity index (χ1) is 12.5. The van der Waals surface area contributed by atoms with Crippen molar-refractivity contribution < 1.29 is 9.32 Å². The quantitative estimate of drug-likeness (QED) is 0.594. The number of nitrogens with zero attached hydrogens (tertiary/aromatic N) is 3. The highest BCUT2D eigenvalue weighted by atomic mass is 35.5. The van der Waals surface area contributed by atoms with Crippen LogP contribution in [-0.4, -0.2) is 28.0 Å². The molecule has 0 saturated heterocycles. The molecule has 132 valence electrons. The molecular formula is C19H15Cl2N3O2. The Morgan fingerprint density at radius 3 is 2.62 bits per heavy atom. The van der Waals surface area contributed by atoms with E-state index in [4.69, 9.17) is 27.7 Å². The fourth-order valence-corrected chi connectivity index (χ4v) is 2.54. The molecule has 3 aromatic rings. The number of amides is 1. The van der Waals surface area contributed by atoms with Gasteiger partial charge in [-0.15, -0.1) is 0 Å². The summed E-state index contributed by atoms with van der Waals surface area (Å²) in [5.74, 6) is 0.595. The summed E-state index contributed by atoms with van der Waals surface area (Å²) in [7, 11) is 1.66. The van der Waals surface area contributed by atoms with E-state index in [0.29, 0.717) is 21.8 Å². The molecule has 2 aromatic carbocycles. The molecule has 0 atom stereocenters. The van der Waals surface area contributed by atoms with Gasteiger partial charge in [0.25, 0.3) is 0 Å². The molecule has 0 N–H and O–H groups in total. The minimum atomic E-state index is -0.198. The lowest BCUT2D eigenvalue weighted by atomic mass is 10.2. The van der Waals surface area contributed by atoms with Gasteiger partial charge in [-0.3, -0.25) is 4.79 Å². The fraction of sp³-hybridized carbons (Fsp3) is 0.105. The van der Waals surface area contributed by atoms with E-state index in [9.17, 15) is 4.79 Å². The Hall–Kier alpha value is -2.63. The second kappa shape index (κ2) is 8.17. The van der Waals surface area contributed by atoms with Crippen molar-refractivity contribution in [3.05, 3.63) is 76.1 Å². The van der Waals surface area contributed by atoms with Crippen LogP contribution >= 0.6 is 23.2 Å². The zero-order valence-electron chi connectivity index (χ0n) is 13.9. The normalized spacial score (nSPS) is 11.0. The summed E-state index contributed by atoms with van der Waals surface area (Å²) in [6.07, 6.45) is 3.13. The van der Waals surface area contributed by atoms with Crippen molar-refractivity contribution in [1.29, 1.82) is 0 Å². The molecule has 0 aliphatic heterocycles. The second-order valence-corrected chi connectivity index (χ2v) is 6.41. The lowest BCUT2D eigenvalue weighted by molar-refractivity contribution is -0.125. The molecule has 1 aromatic heterocycles. The van der Waals surface area contributed by atoms with E-state index >= 15 is 0 Å². The highest BCUT2D eigenvalue weighted by Crippen LogP contribution is 2.19. The molecule has 0 aliphatic rings. The average Bonchev–Trinajstić information content (AvgIpc) is 3.09. The first kappa shape index (κ1) is 18.2. The topological polar surface area (TPSA) is 59.2 Å². The minimum Gasteiger partial charge on any atom is -0.337 e. The molecular weight excluding hydrogens is 373 g/mol. The zero-order chi connectivity index (χ0) is 18.5. The number of likely N-dealkylation sites (N-methyl/N-ethyl adjacent to an activating group) is 1. The molecule has 0 radical (unpaired) electrons. The summed E-state index contributed by atoms with van der Waals surface area (Å²) in [4.78, 5) is 18.0. The largest absolute Gasteiger partial charge is 0.337 e. The standard InChI is InChI=1S/C19H15Cl2N3O2/c1-24(18(25)11-8-13-4-2-3-5-16(13)21)12-17-22-19(23-26-17)14-6-9-15(20)10-7-14/h2-11H,12H2,1H3/b11-8+. The number of carbonyl (C=O) groups is 1. The Morgan fingerprint density at radius 1 is 1.15 bits per heavy atom. The molecule has 5 nitrogen and oxygen atoms in total. The number of hydrogen-bond acceptors (Lipinski definition) is 4. The predicted octanol–water partition coefficient (Wildman–Crippen LogP) is 4.72. The van der Waals surface area contributed by atoms with Crippen LogP contribution in [0, 0.1) is 0 Å². The van der Waals surface area contributed by atoms with E-state index in [0.717, 1.165) is 11.1 Å². The molecule has 3 rings (SSSR count). The van der Waals surface area contributed by atoms with Gasteiger partial charge >= 0.3 is 0 Å². The van der Waals surface area contributed by atoms with Crippen molar-refractivity contribution in [2.75, 3.05) is 7.05 Å². The number of halogens is 2. The van der Waals surface area contributed by atoms with E-state index in [2.05, 4.69) is 10.1 Å². The number of carbonyl (C=O) groups excluding carboxylic acids is 1. The van der Waals surface area contributed by atoms with Gasteiger partial charge in [0.2, 0.25) is 17.6 Å². The fourth-order valence-electron chi connectivity index (χ4n) is 2.21. The predicted molar refractivity (Wildman–Crippen MR) is 102 cm³/mol. The Bertz CT molecular complexity index is 936. The molecule has 0 fully saturated rings. The highest BCUT2D eigenvalue weighted by Gasteiger charge is 2.13. The Kier molecular flexibility index (Phi) is 5.71. The molecule has 0 saturated carbocycles. The van der Waals surface area contributed by atoms with Gasteiger partial charge in [-0.2, -0.15) is 4.98 Å². The Labute approximate surface area is 160 Å². The molecule has 0 bridgehead atoms. The minimum absolute atomic E-state index is 0.198. The number of benzene rings is 2. The van der Waals surface area contributed by atoms with Gasteiger partial charge in [0.1, 0.15) is 0 Å². The summed E-state index contributed by atoms with van der Waals surface area (Å²) in [5, 5.41) is 5.15. The van der Waals surface area contributed by atoms with Crippen LogP contribution in [0.2, 0.25) is 10.0 Å². The summed E-state index contributed by atoms with van der Waals surface area (Å²) in [6.45, 7) is 0.201. The monoisotopic (exact) mass is 387 g/mol. The summed E-state index contributed by atoms with van der Waals surface area (Å²) < 4.78 is 5.22. The maximum Gasteiger partial charge on any atom is 0.246 e. The summed E-state index contributed by atoms with van der Waals surface area (Å²) in [5.41, 5.74) is 1.57. The van der Waals surface area contributed by atoms with Gasteiger partial charge in [0.15, 0.2) is 0 Å². The van der Waals surface area contributed by atoms with Gasteiger partial charge < -0.3 is 9.42 Å². The van der Waals surface area contributed by atoms with Gasteiger partial charge in [-0.05, 0) is 42.0 Å². The molecule has 1 heterocycles. The van der Waals surface area contributed by atoms with Crippen LogP contribution < -0.4 is 0 Å². The lowest BCUT2D eigenvalue weighted by Crippen LogP contribution is -2.24.